The van der Waals surface area contributed by atoms with Crippen LogP contribution in [0.3, 0.4) is 0 Å². The fourth-order valence-corrected chi connectivity index (χ4v) is 5.48. The molecule has 0 spiro atoms. The molecule has 5 rings (SSSR count). The maximum atomic E-state index is 13.0. The van der Waals surface area contributed by atoms with Gasteiger partial charge in [0.15, 0.2) is 0 Å². The Morgan fingerprint density at radius 2 is 1.66 bits per heavy atom. The standard InChI is InChI=1S/C28H36N4O3/c1-19-28(34)31(2)25-14-13-23(15-26(25)32(19)24-7-5-3-4-6-8-24)30-22-11-9-21(10-12-22)27(33)29-16-20-17-35-18-20/h9-15,19-20,24,30H,3-8,16-18H2,1-2H3,(H,29,33)/t19-/m1/s1. The molecule has 0 unspecified atom stereocenters. The number of ether oxygens (including phenoxy) is 1. The van der Waals surface area contributed by atoms with Crippen LogP contribution in [0.15, 0.2) is 42.5 Å². The Kier molecular flexibility index (Phi) is 6.95. The number of nitrogens with one attached hydrogen (secondary N) is 2. The molecule has 2 heterocycles. The molecule has 0 bridgehead atoms. The van der Waals surface area contributed by atoms with Crippen molar-refractivity contribution >= 4 is 34.6 Å². The molecular weight excluding hydrogens is 440 g/mol. The summed E-state index contributed by atoms with van der Waals surface area (Å²) in [5.41, 5.74) is 4.62. The zero-order valence-corrected chi connectivity index (χ0v) is 20.8. The molecule has 35 heavy (non-hydrogen) atoms. The van der Waals surface area contributed by atoms with E-state index in [-0.39, 0.29) is 17.9 Å². The molecule has 186 valence electrons. The zero-order chi connectivity index (χ0) is 24.4. The second-order valence-electron chi connectivity index (χ2n) is 10.1. The van der Waals surface area contributed by atoms with Gasteiger partial charge in [0.05, 0.1) is 24.6 Å². The maximum absolute atomic E-state index is 13.0. The summed E-state index contributed by atoms with van der Waals surface area (Å²) < 4.78 is 5.16. The Bertz CT molecular complexity index is 1060. The highest BCUT2D eigenvalue weighted by Gasteiger charge is 2.37. The summed E-state index contributed by atoms with van der Waals surface area (Å²) in [5, 5.41) is 6.47. The van der Waals surface area contributed by atoms with Crippen LogP contribution in [0.25, 0.3) is 0 Å². The minimum Gasteiger partial charge on any atom is -0.381 e. The van der Waals surface area contributed by atoms with Gasteiger partial charge in [-0.25, -0.2) is 0 Å². The molecule has 1 saturated heterocycles. The predicted molar refractivity (Wildman–Crippen MR) is 140 cm³/mol. The first-order valence-electron chi connectivity index (χ1n) is 12.9. The van der Waals surface area contributed by atoms with Gasteiger partial charge >= 0.3 is 0 Å². The molecule has 7 nitrogen and oxygen atoms in total. The Labute approximate surface area is 207 Å². The summed E-state index contributed by atoms with van der Waals surface area (Å²) in [7, 11) is 1.87. The van der Waals surface area contributed by atoms with E-state index in [4.69, 9.17) is 4.74 Å². The number of carbonyl (C=O) groups excluding carboxylic acids is 2. The van der Waals surface area contributed by atoms with Gasteiger partial charge in [-0.05, 0) is 62.2 Å². The molecule has 1 atom stereocenters. The lowest BCUT2D eigenvalue weighted by Gasteiger charge is -2.44. The number of benzene rings is 2. The van der Waals surface area contributed by atoms with Crippen LogP contribution in [0, 0.1) is 5.92 Å². The first kappa shape index (κ1) is 23.7. The average Bonchev–Trinajstić information content (AvgIpc) is 3.12. The average molecular weight is 477 g/mol. The van der Waals surface area contributed by atoms with E-state index in [1.54, 1.807) is 4.90 Å². The van der Waals surface area contributed by atoms with Crippen molar-refractivity contribution in [3.8, 4) is 0 Å². The molecule has 2 fully saturated rings. The van der Waals surface area contributed by atoms with E-state index in [0.29, 0.717) is 24.1 Å². The van der Waals surface area contributed by atoms with Crippen molar-refractivity contribution in [2.24, 2.45) is 5.92 Å². The molecule has 0 radical (unpaired) electrons. The van der Waals surface area contributed by atoms with Crippen LogP contribution >= 0.6 is 0 Å². The number of carbonyl (C=O) groups is 2. The highest BCUT2D eigenvalue weighted by atomic mass is 16.5. The van der Waals surface area contributed by atoms with E-state index in [1.165, 1.54) is 25.7 Å². The van der Waals surface area contributed by atoms with Crippen molar-refractivity contribution in [3.63, 3.8) is 0 Å². The first-order chi connectivity index (χ1) is 17.0. The van der Waals surface area contributed by atoms with Crippen LogP contribution in [-0.4, -0.2) is 50.7 Å². The summed E-state index contributed by atoms with van der Waals surface area (Å²) in [6, 6.07) is 14.0. The fourth-order valence-electron chi connectivity index (χ4n) is 5.48. The normalized spacial score (nSPS) is 21.2. The Balaban J connectivity index is 1.33. The maximum Gasteiger partial charge on any atom is 0.251 e. The molecule has 1 saturated carbocycles. The molecule has 3 aliphatic rings. The van der Waals surface area contributed by atoms with Crippen LogP contribution < -0.4 is 20.4 Å². The van der Waals surface area contributed by atoms with Crippen molar-refractivity contribution < 1.29 is 14.3 Å². The third kappa shape index (κ3) is 5.01. The largest absolute Gasteiger partial charge is 0.381 e. The van der Waals surface area contributed by atoms with Crippen molar-refractivity contribution in [2.75, 3.05) is 41.9 Å². The van der Waals surface area contributed by atoms with Gasteiger partial charge in [-0.3, -0.25) is 9.59 Å². The van der Waals surface area contributed by atoms with Crippen molar-refractivity contribution in [3.05, 3.63) is 48.0 Å². The van der Waals surface area contributed by atoms with Crippen LogP contribution in [0.5, 0.6) is 0 Å². The van der Waals surface area contributed by atoms with Crippen LogP contribution in [0.4, 0.5) is 22.7 Å². The van der Waals surface area contributed by atoms with E-state index < -0.39 is 0 Å². The predicted octanol–water partition coefficient (Wildman–Crippen LogP) is 4.70. The van der Waals surface area contributed by atoms with Gasteiger partial charge in [0.25, 0.3) is 5.91 Å². The summed E-state index contributed by atoms with van der Waals surface area (Å²) in [5.74, 6) is 0.526. The fraction of sp³-hybridized carbons (Fsp3) is 0.500. The Morgan fingerprint density at radius 1 is 0.971 bits per heavy atom. The van der Waals surface area contributed by atoms with E-state index in [1.807, 2.05) is 50.4 Å². The molecular formula is C28H36N4O3. The van der Waals surface area contributed by atoms with E-state index in [9.17, 15) is 9.59 Å². The number of hydrogen-bond donors (Lipinski definition) is 2. The lowest BCUT2D eigenvalue weighted by atomic mass is 9.99. The summed E-state index contributed by atoms with van der Waals surface area (Å²) in [6.07, 6.45) is 7.28. The van der Waals surface area contributed by atoms with Crippen molar-refractivity contribution in [1.82, 2.24) is 5.32 Å². The second kappa shape index (κ2) is 10.3. The highest BCUT2D eigenvalue weighted by Crippen LogP contribution is 2.41. The lowest BCUT2D eigenvalue weighted by Crippen LogP contribution is -2.54. The van der Waals surface area contributed by atoms with Crippen molar-refractivity contribution in [1.29, 1.82) is 0 Å². The minimum absolute atomic E-state index is 0.0574. The Morgan fingerprint density at radius 3 is 2.31 bits per heavy atom. The number of likely N-dealkylation sites (N-methyl/N-ethyl adjacent to an activating group) is 1. The van der Waals surface area contributed by atoms with E-state index in [0.717, 1.165) is 48.8 Å². The molecule has 2 aromatic carbocycles. The van der Waals surface area contributed by atoms with E-state index >= 15 is 0 Å². The van der Waals surface area contributed by atoms with Gasteiger partial charge in [0.1, 0.15) is 6.04 Å². The third-order valence-corrected chi connectivity index (χ3v) is 7.63. The number of hydrogen-bond acceptors (Lipinski definition) is 5. The summed E-state index contributed by atoms with van der Waals surface area (Å²) >= 11 is 0. The quantitative estimate of drug-likeness (QED) is 0.591. The molecule has 0 aromatic heterocycles. The topological polar surface area (TPSA) is 73.9 Å². The molecule has 7 heteroatoms. The van der Waals surface area contributed by atoms with Crippen LogP contribution in [-0.2, 0) is 9.53 Å². The third-order valence-electron chi connectivity index (χ3n) is 7.63. The van der Waals surface area contributed by atoms with Crippen molar-refractivity contribution in [2.45, 2.75) is 57.5 Å². The zero-order valence-electron chi connectivity index (χ0n) is 20.8. The molecule has 1 aliphatic carbocycles. The van der Waals surface area contributed by atoms with Crippen LogP contribution in [0.2, 0.25) is 0 Å². The van der Waals surface area contributed by atoms with Gasteiger partial charge in [0.2, 0.25) is 5.91 Å². The summed E-state index contributed by atoms with van der Waals surface area (Å²) in [6.45, 7) is 4.14. The molecule has 2 aromatic rings. The first-order valence-corrected chi connectivity index (χ1v) is 12.9. The van der Waals surface area contributed by atoms with Gasteiger partial charge in [-0.15, -0.1) is 0 Å². The van der Waals surface area contributed by atoms with Gasteiger partial charge in [-0.2, -0.15) is 0 Å². The highest BCUT2D eigenvalue weighted by molar-refractivity contribution is 6.05. The monoisotopic (exact) mass is 476 g/mol. The number of rotatable bonds is 6. The van der Waals surface area contributed by atoms with Gasteiger partial charge in [-0.1, -0.05) is 25.7 Å². The molecule has 2 aliphatic heterocycles. The number of fused-ring (bicyclic) bond motifs is 1. The SMILES string of the molecule is C[C@@H]1C(=O)N(C)c2ccc(Nc3ccc(C(=O)NCC4COC4)cc3)cc2N1C1CCCCCC1. The number of nitrogens with zero attached hydrogens (tertiary/aromatic N) is 2. The molecule has 2 amide bonds. The number of amides is 2. The lowest BCUT2D eigenvalue weighted by molar-refractivity contribution is -0.119. The minimum atomic E-state index is -0.171. The smallest absolute Gasteiger partial charge is 0.251 e. The van der Waals surface area contributed by atoms with Gasteiger partial charge < -0.3 is 25.2 Å². The molecule has 2 N–H and O–H groups in total. The van der Waals surface area contributed by atoms with Crippen LogP contribution in [0.1, 0.15) is 55.8 Å². The summed E-state index contributed by atoms with van der Waals surface area (Å²) in [4.78, 5) is 29.6. The van der Waals surface area contributed by atoms with E-state index in [2.05, 4.69) is 21.6 Å². The number of anilines is 4. The van der Waals surface area contributed by atoms with Gasteiger partial charge in [0, 0.05) is 42.5 Å². The Hall–Kier alpha value is -3.06. The second-order valence-corrected chi connectivity index (χ2v) is 10.1.